The van der Waals surface area contributed by atoms with Gasteiger partial charge in [-0.3, -0.25) is 4.79 Å². The molecule has 12 heavy (non-hydrogen) atoms. The molecule has 0 rings (SSSR count). The van der Waals surface area contributed by atoms with Crippen LogP contribution in [-0.2, 0) is 9.59 Å². The molecule has 0 aliphatic carbocycles. The van der Waals surface area contributed by atoms with Gasteiger partial charge in [0.2, 0.25) is 0 Å². The molecular formula is C10H18O2. The molecule has 0 fully saturated rings. The maximum atomic E-state index is 10.9. The molecule has 70 valence electrons. The van der Waals surface area contributed by atoms with Crippen LogP contribution in [0.25, 0.3) is 0 Å². The minimum absolute atomic E-state index is 0.102. The van der Waals surface area contributed by atoms with E-state index in [4.69, 9.17) is 0 Å². The number of Topliss-reactive ketones (excluding diaryl/α,β-unsaturated/α-hetero) is 1. The summed E-state index contributed by atoms with van der Waals surface area (Å²) in [5, 5.41) is 0. The molecule has 0 heterocycles. The third kappa shape index (κ3) is 5.05. The van der Waals surface area contributed by atoms with Crippen LogP contribution in [0.5, 0.6) is 0 Å². The fraction of sp³-hybridized carbons (Fsp3) is 0.800. The zero-order valence-electron chi connectivity index (χ0n) is 8.01. The van der Waals surface area contributed by atoms with Gasteiger partial charge in [0.25, 0.3) is 0 Å². The number of ketones is 1. The lowest BCUT2D eigenvalue weighted by Gasteiger charge is -2.06. The minimum atomic E-state index is 0.102. The summed E-state index contributed by atoms with van der Waals surface area (Å²) < 4.78 is 0. The predicted octanol–water partition coefficient (Wildman–Crippen LogP) is 2.36. The fourth-order valence-corrected chi connectivity index (χ4v) is 1.17. The van der Waals surface area contributed by atoms with E-state index in [1.165, 1.54) is 0 Å². The van der Waals surface area contributed by atoms with Crippen molar-refractivity contribution >= 4 is 12.1 Å². The van der Waals surface area contributed by atoms with Crippen molar-refractivity contribution in [2.75, 3.05) is 0 Å². The minimum Gasteiger partial charge on any atom is -0.303 e. The van der Waals surface area contributed by atoms with Gasteiger partial charge in [-0.2, -0.15) is 0 Å². The Morgan fingerprint density at radius 1 is 1.33 bits per heavy atom. The summed E-state index contributed by atoms with van der Waals surface area (Å²) in [6.45, 7) is 3.91. The van der Waals surface area contributed by atoms with Gasteiger partial charge in [-0.25, -0.2) is 0 Å². The summed E-state index contributed by atoms with van der Waals surface area (Å²) in [5.41, 5.74) is 0. The first kappa shape index (κ1) is 11.3. The van der Waals surface area contributed by atoms with E-state index in [0.717, 1.165) is 25.5 Å². The predicted molar refractivity (Wildman–Crippen MR) is 49.0 cm³/mol. The number of hydrogen-bond acceptors (Lipinski definition) is 2. The summed E-state index contributed by atoms with van der Waals surface area (Å²) in [7, 11) is 0. The van der Waals surface area contributed by atoms with E-state index >= 15 is 0 Å². The molecule has 0 saturated heterocycles. The zero-order chi connectivity index (χ0) is 9.40. The monoisotopic (exact) mass is 170 g/mol. The summed E-state index contributed by atoms with van der Waals surface area (Å²) in [5.74, 6) is 0.364. The molecule has 0 radical (unpaired) electrons. The third-order valence-corrected chi connectivity index (χ3v) is 2.04. The van der Waals surface area contributed by atoms with Gasteiger partial charge < -0.3 is 4.79 Å². The topological polar surface area (TPSA) is 34.1 Å². The molecule has 2 nitrogen and oxygen atoms in total. The van der Waals surface area contributed by atoms with E-state index in [0.29, 0.717) is 12.8 Å². The highest BCUT2D eigenvalue weighted by atomic mass is 16.1. The van der Waals surface area contributed by atoms with E-state index in [1.807, 2.05) is 6.92 Å². The molecule has 2 heteroatoms. The number of carbonyl (C=O) groups is 2. The van der Waals surface area contributed by atoms with Crippen molar-refractivity contribution < 1.29 is 9.59 Å². The van der Waals surface area contributed by atoms with Gasteiger partial charge in [-0.15, -0.1) is 0 Å². The average Bonchev–Trinajstić information content (AvgIpc) is 2.11. The van der Waals surface area contributed by atoms with Gasteiger partial charge in [0.15, 0.2) is 0 Å². The summed E-state index contributed by atoms with van der Waals surface area (Å²) in [6, 6.07) is 0. The number of hydrogen-bond donors (Lipinski definition) is 0. The van der Waals surface area contributed by atoms with Crippen molar-refractivity contribution in [3.8, 4) is 0 Å². The first-order valence-electron chi connectivity index (χ1n) is 4.71. The normalized spacial score (nSPS) is 12.5. The molecule has 1 unspecified atom stereocenters. The van der Waals surface area contributed by atoms with Crippen molar-refractivity contribution in [2.24, 2.45) is 5.92 Å². The van der Waals surface area contributed by atoms with Crippen molar-refractivity contribution in [3.63, 3.8) is 0 Å². The van der Waals surface area contributed by atoms with E-state index < -0.39 is 0 Å². The molecule has 0 N–H and O–H groups in total. The number of aldehydes is 1. The third-order valence-electron chi connectivity index (χ3n) is 2.04. The van der Waals surface area contributed by atoms with Crippen LogP contribution in [0.2, 0.25) is 0 Å². The lowest BCUT2D eigenvalue weighted by atomic mass is 9.98. The maximum absolute atomic E-state index is 10.9. The quantitative estimate of drug-likeness (QED) is 0.550. The Bertz CT molecular complexity index is 141. The van der Waals surface area contributed by atoms with Crippen LogP contribution in [0.3, 0.4) is 0 Å². The second-order valence-corrected chi connectivity index (χ2v) is 3.12. The highest BCUT2D eigenvalue weighted by Crippen LogP contribution is 2.11. The molecule has 0 aromatic heterocycles. The van der Waals surface area contributed by atoms with Gasteiger partial charge in [0.1, 0.15) is 12.1 Å². The second kappa shape index (κ2) is 7.01. The van der Waals surface area contributed by atoms with Crippen LogP contribution in [-0.4, -0.2) is 12.1 Å². The molecule has 0 amide bonds. The van der Waals surface area contributed by atoms with Gasteiger partial charge >= 0.3 is 0 Å². The summed E-state index contributed by atoms with van der Waals surface area (Å²) in [6.07, 6.45) is 4.82. The van der Waals surface area contributed by atoms with Crippen molar-refractivity contribution in [2.45, 2.75) is 46.0 Å². The second-order valence-electron chi connectivity index (χ2n) is 3.12. The Hall–Kier alpha value is -0.660. The van der Waals surface area contributed by atoms with Crippen LogP contribution in [0.15, 0.2) is 0 Å². The van der Waals surface area contributed by atoms with Crippen LogP contribution in [0, 0.1) is 5.92 Å². The van der Waals surface area contributed by atoms with E-state index in [-0.39, 0.29) is 11.7 Å². The Kier molecular flexibility index (Phi) is 6.63. The molecule has 0 spiro atoms. The van der Waals surface area contributed by atoms with Gasteiger partial charge in [-0.05, 0) is 12.8 Å². The Morgan fingerprint density at radius 2 is 2.00 bits per heavy atom. The van der Waals surface area contributed by atoms with Crippen LogP contribution in [0.4, 0.5) is 0 Å². The molecule has 0 aliphatic heterocycles. The molecule has 0 bridgehead atoms. The first-order chi connectivity index (χ1) is 5.74. The van der Waals surface area contributed by atoms with Gasteiger partial charge in [0.05, 0.1) is 0 Å². The van der Waals surface area contributed by atoms with Crippen molar-refractivity contribution in [3.05, 3.63) is 0 Å². The average molecular weight is 170 g/mol. The highest BCUT2D eigenvalue weighted by molar-refractivity contribution is 5.78. The van der Waals surface area contributed by atoms with E-state index in [1.54, 1.807) is 0 Å². The number of carbonyl (C=O) groups excluding carboxylic acids is 2. The molecule has 0 saturated carbocycles. The van der Waals surface area contributed by atoms with Gasteiger partial charge in [-0.1, -0.05) is 20.3 Å². The molecule has 1 atom stereocenters. The number of rotatable bonds is 7. The Balaban J connectivity index is 3.57. The van der Waals surface area contributed by atoms with Crippen LogP contribution in [0.1, 0.15) is 46.0 Å². The molecule has 0 aromatic carbocycles. The van der Waals surface area contributed by atoms with Crippen LogP contribution < -0.4 is 0 Å². The van der Waals surface area contributed by atoms with Crippen LogP contribution >= 0.6 is 0 Å². The first-order valence-corrected chi connectivity index (χ1v) is 4.71. The fourth-order valence-electron chi connectivity index (χ4n) is 1.17. The smallest absolute Gasteiger partial charge is 0.132 e. The molecule has 0 aromatic rings. The SMILES string of the molecule is CCCC(C=O)CCC(=O)CC. The lowest BCUT2D eigenvalue weighted by Crippen LogP contribution is -2.05. The van der Waals surface area contributed by atoms with E-state index in [2.05, 4.69) is 6.92 Å². The molecular weight excluding hydrogens is 152 g/mol. The Labute approximate surface area is 74.3 Å². The van der Waals surface area contributed by atoms with Crippen molar-refractivity contribution in [1.82, 2.24) is 0 Å². The molecule has 0 aliphatic rings. The standard InChI is InChI=1S/C10H18O2/c1-3-5-9(8-11)6-7-10(12)4-2/h8-9H,3-7H2,1-2H3. The van der Waals surface area contributed by atoms with Gasteiger partial charge in [0, 0.05) is 18.8 Å². The largest absolute Gasteiger partial charge is 0.303 e. The summed E-state index contributed by atoms with van der Waals surface area (Å²) >= 11 is 0. The Morgan fingerprint density at radius 3 is 2.42 bits per heavy atom. The highest BCUT2D eigenvalue weighted by Gasteiger charge is 2.07. The zero-order valence-corrected chi connectivity index (χ0v) is 8.01. The lowest BCUT2D eigenvalue weighted by molar-refractivity contribution is -0.119. The maximum Gasteiger partial charge on any atom is 0.132 e. The van der Waals surface area contributed by atoms with Crippen molar-refractivity contribution in [1.29, 1.82) is 0 Å². The van der Waals surface area contributed by atoms with E-state index in [9.17, 15) is 9.59 Å². The summed E-state index contributed by atoms with van der Waals surface area (Å²) in [4.78, 5) is 21.4.